The Balaban J connectivity index is 2.63. The van der Waals surface area contributed by atoms with Crippen LogP contribution in [-0.2, 0) is 0 Å². The van der Waals surface area contributed by atoms with Gasteiger partial charge in [0.05, 0.1) is 12.9 Å². The molecule has 0 saturated carbocycles. The van der Waals surface area contributed by atoms with Crippen molar-refractivity contribution in [3.05, 3.63) is 25.3 Å². The molecule has 0 bridgehead atoms. The van der Waals surface area contributed by atoms with Gasteiger partial charge in [-0.1, -0.05) is 12.2 Å². The van der Waals surface area contributed by atoms with Crippen molar-refractivity contribution in [1.29, 1.82) is 0 Å². The first-order chi connectivity index (χ1) is 6.73. The van der Waals surface area contributed by atoms with Gasteiger partial charge in [-0.05, 0) is 12.8 Å². The summed E-state index contributed by atoms with van der Waals surface area (Å²) >= 11 is 0. The van der Waals surface area contributed by atoms with Gasteiger partial charge < -0.3 is 10.0 Å². The second-order valence-electron chi connectivity index (χ2n) is 3.52. The summed E-state index contributed by atoms with van der Waals surface area (Å²) < 4.78 is 0. The maximum atomic E-state index is 10.4. The van der Waals surface area contributed by atoms with Crippen molar-refractivity contribution in [1.82, 2.24) is 4.90 Å². The van der Waals surface area contributed by atoms with Gasteiger partial charge in [0.1, 0.15) is 5.72 Å². The second kappa shape index (κ2) is 4.96. The first-order valence-electron chi connectivity index (χ1n) is 4.94. The smallest absolute Gasteiger partial charge is 0.142 e. The Morgan fingerprint density at radius 3 is 2.79 bits per heavy atom. The van der Waals surface area contributed by atoms with Crippen molar-refractivity contribution in [2.24, 2.45) is 4.99 Å². The van der Waals surface area contributed by atoms with Crippen LogP contribution in [0.4, 0.5) is 0 Å². The fourth-order valence-electron chi connectivity index (χ4n) is 1.62. The predicted octanol–water partition coefficient (Wildman–Crippen LogP) is 1.56. The van der Waals surface area contributed by atoms with Crippen molar-refractivity contribution in [3.8, 4) is 0 Å². The lowest BCUT2D eigenvalue weighted by molar-refractivity contribution is -0.0656. The summed E-state index contributed by atoms with van der Waals surface area (Å²) in [5.41, 5.74) is -0.823. The van der Waals surface area contributed by atoms with Crippen LogP contribution in [0.25, 0.3) is 0 Å². The van der Waals surface area contributed by atoms with E-state index in [4.69, 9.17) is 0 Å². The molecule has 1 aliphatic heterocycles. The van der Waals surface area contributed by atoms with Crippen molar-refractivity contribution in [2.45, 2.75) is 25.0 Å². The molecular weight excluding hydrogens is 176 g/mol. The first kappa shape index (κ1) is 11.0. The average Bonchev–Trinajstić information content (AvgIpc) is 2.68. The Labute approximate surface area is 85.5 Å². The summed E-state index contributed by atoms with van der Waals surface area (Å²) in [7, 11) is 0. The van der Waals surface area contributed by atoms with Crippen LogP contribution in [0.5, 0.6) is 0 Å². The zero-order valence-corrected chi connectivity index (χ0v) is 8.52. The zero-order chi connectivity index (χ0) is 10.4. The molecule has 1 rings (SSSR count). The largest absolute Gasteiger partial charge is 0.370 e. The van der Waals surface area contributed by atoms with Gasteiger partial charge in [0.15, 0.2) is 0 Å². The van der Waals surface area contributed by atoms with E-state index < -0.39 is 5.72 Å². The van der Waals surface area contributed by atoms with E-state index in [1.165, 1.54) is 0 Å². The third-order valence-electron chi connectivity index (χ3n) is 2.45. The van der Waals surface area contributed by atoms with Crippen LogP contribution < -0.4 is 0 Å². The molecule has 0 amide bonds. The Kier molecular flexibility index (Phi) is 3.89. The molecule has 0 fully saturated rings. The molecule has 78 valence electrons. The SMILES string of the molecule is C=CCCC(O)(CC=C)N1C=NCC1. The maximum Gasteiger partial charge on any atom is 0.142 e. The van der Waals surface area contributed by atoms with Gasteiger partial charge in [0, 0.05) is 13.0 Å². The van der Waals surface area contributed by atoms with Crippen LogP contribution in [0, 0.1) is 0 Å². The van der Waals surface area contributed by atoms with E-state index in [-0.39, 0.29) is 0 Å². The molecule has 0 aliphatic carbocycles. The molecule has 0 spiro atoms. The van der Waals surface area contributed by atoms with Gasteiger partial charge in [0.25, 0.3) is 0 Å². The molecule has 1 unspecified atom stereocenters. The first-order valence-corrected chi connectivity index (χ1v) is 4.94. The quantitative estimate of drug-likeness (QED) is 0.651. The Bertz CT molecular complexity index is 237. The van der Waals surface area contributed by atoms with E-state index in [0.29, 0.717) is 12.8 Å². The number of allylic oxidation sites excluding steroid dienone is 1. The van der Waals surface area contributed by atoms with E-state index in [1.807, 2.05) is 11.0 Å². The maximum absolute atomic E-state index is 10.4. The minimum absolute atomic E-state index is 0.562. The Morgan fingerprint density at radius 2 is 2.29 bits per heavy atom. The van der Waals surface area contributed by atoms with E-state index in [9.17, 15) is 5.11 Å². The predicted molar refractivity (Wildman–Crippen MR) is 59.3 cm³/mol. The summed E-state index contributed by atoms with van der Waals surface area (Å²) in [4.78, 5) is 5.99. The average molecular weight is 194 g/mol. The fourth-order valence-corrected chi connectivity index (χ4v) is 1.62. The second-order valence-corrected chi connectivity index (χ2v) is 3.52. The highest BCUT2D eigenvalue weighted by Crippen LogP contribution is 2.23. The van der Waals surface area contributed by atoms with E-state index in [1.54, 1.807) is 12.4 Å². The van der Waals surface area contributed by atoms with E-state index >= 15 is 0 Å². The number of aliphatic imine (C=N–C) groups is 1. The summed E-state index contributed by atoms with van der Waals surface area (Å²) in [6.45, 7) is 8.89. The Hall–Kier alpha value is -1.09. The minimum atomic E-state index is -0.823. The summed E-state index contributed by atoms with van der Waals surface area (Å²) in [6.07, 6.45) is 7.33. The standard InChI is InChI=1S/C11H18N2O/c1-3-5-7-11(14,6-4-2)13-9-8-12-10-13/h3-4,10,14H,1-2,5-9H2. The molecule has 1 aliphatic rings. The lowest BCUT2D eigenvalue weighted by atomic mass is 10.0. The molecular formula is C11H18N2O. The van der Waals surface area contributed by atoms with Crippen molar-refractivity contribution in [3.63, 3.8) is 0 Å². The highest BCUT2D eigenvalue weighted by atomic mass is 16.3. The summed E-state index contributed by atoms with van der Waals surface area (Å²) in [5.74, 6) is 0. The minimum Gasteiger partial charge on any atom is -0.370 e. The topological polar surface area (TPSA) is 35.8 Å². The highest BCUT2D eigenvalue weighted by Gasteiger charge is 2.31. The number of nitrogens with zero attached hydrogens (tertiary/aromatic N) is 2. The molecule has 0 aromatic heterocycles. The van der Waals surface area contributed by atoms with Crippen LogP contribution in [0.2, 0.25) is 0 Å². The summed E-state index contributed by atoms with van der Waals surface area (Å²) in [5, 5.41) is 10.4. The van der Waals surface area contributed by atoms with Crippen LogP contribution in [-0.4, -0.2) is 35.2 Å². The lowest BCUT2D eigenvalue weighted by Gasteiger charge is -2.35. The number of hydrogen-bond donors (Lipinski definition) is 1. The molecule has 0 aromatic rings. The van der Waals surface area contributed by atoms with E-state index in [2.05, 4.69) is 18.2 Å². The third-order valence-corrected chi connectivity index (χ3v) is 2.45. The molecule has 3 nitrogen and oxygen atoms in total. The monoisotopic (exact) mass is 194 g/mol. The van der Waals surface area contributed by atoms with Gasteiger partial charge in [-0.3, -0.25) is 4.99 Å². The van der Waals surface area contributed by atoms with Gasteiger partial charge in [-0.2, -0.15) is 0 Å². The van der Waals surface area contributed by atoms with Gasteiger partial charge >= 0.3 is 0 Å². The zero-order valence-electron chi connectivity index (χ0n) is 8.52. The highest BCUT2D eigenvalue weighted by molar-refractivity contribution is 5.58. The van der Waals surface area contributed by atoms with Gasteiger partial charge in [-0.25, -0.2) is 0 Å². The molecule has 3 heteroatoms. The number of aliphatic hydroxyl groups is 1. The van der Waals surface area contributed by atoms with Gasteiger partial charge in [0.2, 0.25) is 0 Å². The molecule has 1 heterocycles. The summed E-state index contributed by atoms with van der Waals surface area (Å²) in [6, 6.07) is 0. The molecule has 14 heavy (non-hydrogen) atoms. The molecule has 0 saturated heterocycles. The van der Waals surface area contributed by atoms with E-state index in [0.717, 1.165) is 19.5 Å². The van der Waals surface area contributed by atoms with Crippen LogP contribution in [0.1, 0.15) is 19.3 Å². The fraction of sp³-hybridized carbons (Fsp3) is 0.545. The van der Waals surface area contributed by atoms with Crippen molar-refractivity contribution >= 4 is 6.34 Å². The molecule has 0 radical (unpaired) electrons. The van der Waals surface area contributed by atoms with Crippen molar-refractivity contribution in [2.75, 3.05) is 13.1 Å². The molecule has 1 N–H and O–H groups in total. The molecule has 0 aromatic carbocycles. The van der Waals surface area contributed by atoms with Crippen LogP contribution in [0.15, 0.2) is 30.3 Å². The van der Waals surface area contributed by atoms with Crippen LogP contribution >= 0.6 is 0 Å². The van der Waals surface area contributed by atoms with Crippen molar-refractivity contribution < 1.29 is 5.11 Å². The Morgan fingerprint density at radius 1 is 1.50 bits per heavy atom. The number of rotatable bonds is 6. The number of hydrogen-bond acceptors (Lipinski definition) is 3. The lowest BCUT2D eigenvalue weighted by Crippen LogP contribution is -2.46. The van der Waals surface area contributed by atoms with Gasteiger partial charge in [-0.15, -0.1) is 13.2 Å². The van der Waals surface area contributed by atoms with Crippen LogP contribution in [0.3, 0.4) is 0 Å². The normalized spacial score (nSPS) is 19.4. The third kappa shape index (κ3) is 2.45. The molecule has 1 atom stereocenters.